The Labute approximate surface area is 109 Å². The molecule has 96 valence electrons. The van der Waals surface area contributed by atoms with Crippen LogP contribution in [0.1, 0.15) is 12.8 Å². The highest BCUT2D eigenvalue weighted by atomic mass is 32.2. The molecule has 0 bridgehead atoms. The van der Waals surface area contributed by atoms with Crippen molar-refractivity contribution in [3.63, 3.8) is 0 Å². The molecule has 0 aliphatic heterocycles. The van der Waals surface area contributed by atoms with E-state index in [2.05, 4.69) is 5.32 Å². The van der Waals surface area contributed by atoms with Crippen molar-refractivity contribution in [1.82, 2.24) is 5.32 Å². The largest absolute Gasteiger partial charge is 0.355 e. The monoisotopic (exact) mass is 266 g/mol. The summed E-state index contributed by atoms with van der Waals surface area (Å²) in [6, 6.07) is 6.23. The zero-order chi connectivity index (χ0) is 13.0. The summed E-state index contributed by atoms with van der Waals surface area (Å²) in [4.78, 5) is 22.4. The van der Waals surface area contributed by atoms with E-state index in [1.54, 1.807) is 12.1 Å². The number of nitro groups is 1. The zero-order valence-corrected chi connectivity index (χ0v) is 10.6. The smallest absolute Gasteiger partial charge is 0.269 e. The predicted octanol–water partition coefficient (Wildman–Crippen LogP) is 2.21. The van der Waals surface area contributed by atoms with E-state index >= 15 is 0 Å². The second kappa shape index (κ2) is 5.86. The van der Waals surface area contributed by atoms with E-state index in [0.29, 0.717) is 11.7 Å². The van der Waals surface area contributed by atoms with Crippen LogP contribution in [-0.2, 0) is 4.79 Å². The molecule has 1 aromatic rings. The highest BCUT2D eigenvalue weighted by molar-refractivity contribution is 8.00. The lowest BCUT2D eigenvalue weighted by Crippen LogP contribution is -2.27. The highest BCUT2D eigenvalue weighted by Gasteiger charge is 2.21. The van der Waals surface area contributed by atoms with Gasteiger partial charge in [-0.1, -0.05) is 0 Å². The fraction of sp³-hybridized carbons (Fsp3) is 0.417. The number of thioether (sulfide) groups is 1. The fourth-order valence-electron chi connectivity index (χ4n) is 1.44. The summed E-state index contributed by atoms with van der Waals surface area (Å²) in [5, 5.41) is 13.3. The van der Waals surface area contributed by atoms with Gasteiger partial charge in [0.15, 0.2) is 0 Å². The lowest BCUT2D eigenvalue weighted by atomic mass is 10.3. The van der Waals surface area contributed by atoms with Gasteiger partial charge in [0.25, 0.3) is 5.69 Å². The molecular formula is C12H14N2O3S. The van der Waals surface area contributed by atoms with Gasteiger partial charge in [-0.2, -0.15) is 0 Å². The van der Waals surface area contributed by atoms with Crippen LogP contribution in [0.25, 0.3) is 0 Å². The first-order chi connectivity index (χ1) is 8.65. The molecule has 0 atom stereocenters. The normalized spacial score (nSPS) is 14.2. The SMILES string of the molecule is O=C(CSc1ccc([N+](=O)[O-])cc1)NCC1CC1. The van der Waals surface area contributed by atoms with E-state index < -0.39 is 4.92 Å². The molecule has 0 unspecified atom stereocenters. The molecule has 1 fully saturated rings. The van der Waals surface area contributed by atoms with Crippen LogP contribution in [0.15, 0.2) is 29.2 Å². The summed E-state index contributed by atoms with van der Waals surface area (Å²) >= 11 is 1.39. The van der Waals surface area contributed by atoms with E-state index in [1.165, 1.54) is 36.7 Å². The van der Waals surface area contributed by atoms with Gasteiger partial charge >= 0.3 is 0 Å². The van der Waals surface area contributed by atoms with Gasteiger partial charge in [0.2, 0.25) is 5.91 Å². The van der Waals surface area contributed by atoms with Crippen molar-refractivity contribution in [2.45, 2.75) is 17.7 Å². The second-order valence-corrected chi connectivity index (χ2v) is 5.34. The predicted molar refractivity (Wildman–Crippen MR) is 69.6 cm³/mol. The lowest BCUT2D eigenvalue weighted by Gasteiger charge is -2.03. The molecule has 2 rings (SSSR count). The highest BCUT2D eigenvalue weighted by Crippen LogP contribution is 2.27. The van der Waals surface area contributed by atoms with E-state index in [4.69, 9.17) is 0 Å². The number of nitrogens with zero attached hydrogens (tertiary/aromatic N) is 1. The van der Waals surface area contributed by atoms with Crippen LogP contribution in [0.2, 0.25) is 0 Å². The Kier molecular flexibility index (Phi) is 4.19. The van der Waals surface area contributed by atoms with Crippen molar-refractivity contribution in [3.05, 3.63) is 34.4 Å². The van der Waals surface area contributed by atoms with Gasteiger partial charge in [-0.05, 0) is 30.9 Å². The van der Waals surface area contributed by atoms with Crippen LogP contribution in [0.4, 0.5) is 5.69 Å². The van der Waals surface area contributed by atoms with Crippen molar-refractivity contribution in [2.75, 3.05) is 12.3 Å². The Morgan fingerprint density at radius 1 is 1.39 bits per heavy atom. The molecule has 5 nitrogen and oxygen atoms in total. The minimum Gasteiger partial charge on any atom is -0.355 e. The molecule has 1 N–H and O–H groups in total. The van der Waals surface area contributed by atoms with E-state index in [0.717, 1.165) is 11.4 Å². The zero-order valence-electron chi connectivity index (χ0n) is 9.80. The Bertz CT molecular complexity index is 443. The molecule has 0 saturated heterocycles. The molecule has 1 saturated carbocycles. The van der Waals surface area contributed by atoms with Crippen molar-refractivity contribution in [2.24, 2.45) is 5.92 Å². The van der Waals surface area contributed by atoms with Crippen LogP contribution < -0.4 is 5.32 Å². The van der Waals surface area contributed by atoms with E-state index in [-0.39, 0.29) is 11.6 Å². The number of benzene rings is 1. The Morgan fingerprint density at radius 3 is 2.61 bits per heavy atom. The summed E-state index contributed by atoms with van der Waals surface area (Å²) in [5.74, 6) is 1.05. The van der Waals surface area contributed by atoms with Gasteiger partial charge in [0.1, 0.15) is 0 Å². The summed E-state index contributed by atoms with van der Waals surface area (Å²) in [6.07, 6.45) is 2.44. The number of hydrogen-bond donors (Lipinski definition) is 1. The number of rotatable bonds is 6. The van der Waals surface area contributed by atoms with Crippen LogP contribution in [-0.4, -0.2) is 23.1 Å². The minimum absolute atomic E-state index is 0.0188. The maximum absolute atomic E-state index is 11.5. The number of nitrogens with one attached hydrogen (secondary N) is 1. The van der Waals surface area contributed by atoms with Gasteiger partial charge in [0.05, 0.1) is 10.7 Å². The van der Waals surface area contributed by atoms with Crippen molar-refractivity contribution >= 4 is 23.4 Å². The molecule has 18 heavy (non-hydrogen) atoms. The third-order valence-electron chi connectivity index (χ3n) is 2.70. The summed E-state index contributed by atoms with van der Waals surface area (Å²) < 4.78 is 0. The molecule has 0 radical (unpaired) electrons. The van der Waals surface area contributed by atoms with Crippen molar-refractivity contribution in [1.29, 1.82) is 0 Å². The molecule has 1 amide bonds. The molecule has 0 heterocycles. The molecule has 0 aromatic heterocycles. The van der Waals surface area contributed by atoms with Gasteiger partial charge < -0.3 is 5.32 Å². The fourth-order valence-corrected chi connectivity index (χ4v) is 2.17. The first-order valence-electron chi connectivity index (χ1n) is 5.79. The van der Waals surface area contributed by atoms with Crippen LogP contribution in [0.5, 0.6) is 0 Å². The van der Waals surface area contributed by atoms with Gasteiger partial charge in [-0.3, -0.25) is 14.9 Å². The number of nitro benzene ring substituents is 1. The summed E-state index contributed by atoms with van der Waals surface area (Å²) in [5.41, 5.74) is 0.0672. The Hall–Kier alpha value is -1.56. The summed E-state index contributed by atoms with van der Waals surface area (Å²) in [7, 11) is 0. The van der Waals surface area contributed by atoms with E-state index in [9.17, 15) is 14.9 Å². The van der Waals surface area contributed by atoms with Gasteiger partial charge in [-0.15, -0.1) is 11.8 Å². The van der Waals surface area contributed by atoms with Crippen molar-refractivity contribution in [3.8, 4) is 0 Å². The Balaban J connectivity index is 1.74. The first kappa shape index (κ1) is 12.9. The first-order valence-corrected chi connectivity index (χ1v) is 6.77. The molecule has 1 aliphatic rings. The number of amides is 1. The number of non-ortho nitro benzene ring substituents is 1. The number of hydrogen-bond acceptors (Lipinski definition) is 4. The van der Waals surface area contributed by atoms with Crippen molar-refractivity contribution < 1.29 is 9.72 Å². The summed E-state index contributed by atoms with van der Waals surface area (Å²) in [6.45, 7) is 0.777. The topological polar surface area (TPSA) is 72.2 Å². The quantitative estimate of drug-likeness (QED) is 0.487. The van der Waals surface area contributed by atoms with Crippen LogP contribution in [0.3, 0.4) is 0 Å². The van der Waals surface area contributed by atoms with Crippen LogP contribution in [0, 0.1) is 16.0 Å². The number of carbonyl (C=O) groups excluding carboxylic acids is 1. The molecule has 1 aromatic carbocycles. The maximum atomic E-state index is 11.5. The van der Waals surface area contributed by atoms with Gasteiger partial charge in [0, 0.05) is 23.6 Å². The standard InChI is InChI=1S/C12H14N2O3S/c15-12(13-7-9-1-2-9)8-18-11-5-3-10(4-6-11)14(16)17/h3-6,9H,1-2,7-8H2,(H,13,15). The molecule has 0 spiro atoms. The van der Waals surface area contributed by atoms with Gasteiger partial charge in [-0.25, -0.2) is 0 Å². The van der Waals surface area contributed by atoms with Crippen LogP contribution >= 0.6 is 11.8 Å². The number of carbonyl (C=O) groups is 1. The third kappa shape index (κ3) is 4.03. The lowest BCUT2D eigenvalue weighted by molar-refractivity contribution is -0.384. The Morgan fingerprint density at radius 2 is 2.06 bits per heavy atom. The maximum Gasteiger partial charge on any atom is 0.269 e. The average Bonchev–Trinajstić information content (AvgIpc) is 3.18. The molecule has 1 aliphatic carbocycles. The average molecular weight is 266 g/mol. The van der Waals surface area contributed by atoms with E-state index in [1.807, 2.05) is 0 Å². The second-order valence-electron chi connectivity index (χ2n) is 4.29. The minimum atomic E-state index is -0.434. The molecule has 6 heteroatoms. The third-order valence-corrected chi connectivity index (χ3v) is 3.71. The molecular weight excluding hydrogens is 252 g/mol.